The van der Waals surface area contributed by atoms with Crippen molar-refractivity contribution in [1.82, 2.24) is 4.98 Å². The van der Waals surface area contributed by atoms with E-state index in [-0.39, 0.29) is 11.5 Å². The van der Waals surface area contributed by atoms with Crippen LogP contribution in [0.25, 0.3) is 16.1 Å². The lowest BCUT2D eigenvalue weighted by atomic mass is 9.84. The van der Waals surface area contributed by atoms with E-state index in [0.29, 0.717) is 17.0 Å². The Hall–Kier alpha value is -2.18. The number of benzene rings is 1. The number of rotatable bonds is 4. The molecular weight excluding hydrogens is 362 g/mol. The molecule has 27 heavy (non-hydrogen) atoms. The summed E-state index contributed by atoms with van der Waals surface area (Å²) in [6.07, 6.45) is 0.751. The second kappa shape index (κ2) is 6.77. The van der Waals surface area contributed by atoms with Crippen molar-refractivity contribution < 1.29 is 19.4 Å². The molecule has 1 aromatic carbocycles. The highest BCUT2D eigenvalue weighted by molar-refractivity contribution is 7.15. The van der Waals surface area contributed by atoms with Gasteiger partial charge >= 0.3 is 0 Å². The molecule has 0 saturated carbocycles. The molecule has 2 aromatic rings. The van der Waals surface area contributed by atoms with Gasteiger partial charge in [-0.2, -0.15) is 0 Å². The lowest BCUT2D eigenvalue weighted by Gasteiger charge is -2.41. The molecule has 0 unspecified atom stereocenters. The summed E-state index contributed by atoms with van der Waals surface area (Å²) < 4.78 is 11.7. The Balaban J connectivity index is 2.23. The number of ether oxygens (including phenoxy) is 2. The third-order valence-corrected chi connectivity index (χ3v) is 5.88. The topological polar surface area (TPSA) is 68.7 Å². The minimum Gasteiger partial charge on any atom is -0.508 e. The van der Waals surface area contributed by atoms with Gasteiger partial charge in [-0.3, -0.25) is 4.79 Å². The number of phenolic OH excluding ortho intramolecular Hbond substituents is 1. The number of thiazole rings is 1. The summed E-state index contributed by atoms with van der Waals surface area (Å²) in [5.41, 5.74) is 0.355. The average molecular weight is 388 g/mol. The van der Waals surface area contributed by atoms with Crippen LogP contribution in [0.3, 0.4) is 0 Å². The normalized spacial score (nSPS) is 18.7. The highest BCUT2D eigenvalue weighted by Crippen LogP contribution is 2.43. The number of aromatic nitrogens is 1. The van der Waals surface area contributed by atoms with Crippen LogP contribution in [0, 0.1) is 0 Å². The van der Waals surface area contributed by atoms with E-state index in [1.54, 1.807) is 44.4 Å². The Morgan fingerprint density at radius 1 is 1.15 bits per heavy atom. The number of methoxy groups -OCH3 is 1. The molecule has 1 aromatic heterocycles. The summed E-state index contributed by atoms with van der Waals surface area (Å²) in [7, 11) is 1.56. The van der Waals surface area contributed by atoms with E-state index >= 15 is 0 Å². The largest absolute Gasteiger partial charge is 0.508 e. The molecule has 0 amide bonds. The van der Waals surface area contributed by atoms with Crippen molar-refractivity contribution in [3.05, 3.63) is 40.6 Å². The smallest absolute Gasteiger partial charge is 0.199 e. The molecule has 1 aliphatic rings. The number of carbonyl (C=O) groups is 1. The Bertz CT molecular complexity index is 907. The van der Waals surface area contributed by atoms with Crippen LogP contribution < -0.4 is 0 Å². The van der Waals surface area contributed by atoms with Gasteiger partial charge in [-0.1, -0.05) is 6.92 Å². The molecule has 1 N–H and O–H groups in total. The fraction of sp³-hybridized carbons (Fsp3) is 0.429. The van der Waals surface area contributed by atoms with E-state index in [9.17, 15) is 9.90 Å². The lowest BCUT2D eigenvalue weighted by Crippen LogP contribution is -2.50. The predicted molar refractivity (Wildman–Crippen MR) is 107 cm³/mol. The summed E-state index contributed by atoms with van der Waals surface area (Å²) in [6.45, 7) is 9.41. The first-order valence-electron chi connectivity index (χ1n) is 8.94. The molecule has 6 heteroatoms. The Labute approximate surface area is 163 Å². The van der Waals surface area contributed by atoms with Crippen LogP contribution in [0.1, 0.15) is 45.2 Å². The van der Waals surface area contributed by atoms with Gasteiger partial charge in [-0.15, -0.1) is 11.3 Å². The van der Waals surface area contributed by atoms with Gasteiger partial charge < -0.3 is 14.6 Å². The number of Topliss-reactive ketones (excluding diaryl/α,β-unsaturated/α-hetero) is 1. The zero-order chi connectivity index (χ0) is 20.0. The summed E-state index contributed by atoms with van der Waals surface area (Å²) in [5.74, 6) is 0.582. The second-order valence-corrected chi connectivity index (χ2v) is 8.63. The third kappa shape index (κ3) is 3.39. The molecule has 0 saturated heterocycles. The number of aryl methyl sites for hydroxylation is 1. The van der Waals surface area contributed by atoms with Gasteiger partial charge in [-0.05, 0) is 58.4 Å². The molecule has 0 aliphatic carbocycles. The van der Waals surface area contributed by atoms with E-state index < -0.39 is 11.2 Å². The Morgan fingerprint density at radius 3 is 2.33 bits per heavy atom. The van der Waals surface area contributed by atoms with Crippen LogP contribution in [0.4, 0.5) is 0 Å². The fourth-order valence-electron chi connectivity index (χ4n) is 3.51. The van der Waals surface area contributed by atoms with Crippen molar-refractivity contribution in [1.29, 1.82) is 0 Å². The molecule has 0 atom stereocenters. The predicted octanol–water partition coefficient (Wildman–Crippen LogP) is 4.59. The average Bonchev–Trinajstić information content (AvgIpc) is 3.01. The van der Waals surface area contributed by atoms with Gasteiger partial charge in [0.25, 0.3) is 0 Å². The summed E-state index contributed by atoms with van der Waals surface area (Å²) in [6, 6.07) is 6.91. The highest BCUT2D eigenvalue weighted by Gasteiger charge is 2.48. The van der Waals surface area contributed by atoms with Gasteiger partial charge in [-0.25, -0.2) is 4.98 Å². The monoisotopic (exact) mass is 387 g/mol. The van der Waals surface area contributed by atoms with E-state index in [1.807, 2.05) is 32.9 Å². The van der Waals surface area contributed by atoms with Gasteiger partial charge in [0.15, 0.2) is 5.78 Å². The Morgan fingerprint density at radius 2 is 1.78 bits per heavy atom. The van der Waals surface area contributed by atoms with E-state index in [0.717, 1.165) is 21.9 Å². The van der Waals surface area contributed by atoms with Gasteiger partial charge in [0.05, 0.1) is 18.4 Å². The maximum absolute atomic E-state index is 13.2. The summed E-state index contributed by atoms with van der Waals surface area (Å²) in [4.78, 5) is 19.1. The van der Waals surface area contributed by atoms with Gasteiger partial charge in [0, 0.05) is 10.4 Å². The molecule has 1 aliphatic heterocycles. The zero-order valence-corrected chi connectivity index (χ0v) is 17.4. The standard InChI is InChI=1S/C21H25NO4S/c1-7-14-16(22-19(27-14)12-8-10-13(23)11-9-12)15-17(24)20(2,3)26-21(4,5)18(15)25-6/h8-11,23H,7H2,1-6H3. The van der Waals surface area contributed by atoms with Gasteiger partial charge in [0.2, 0.25) is 0 Å². The molecule has 3 rings (SSSR count). The number of ketones is 1. The minimum atomic E-state index is -0.964. The van der Waals surface area contributed by atoms with E-state index in [4.69, 9.17) is 14.5 Å². The van der Waals surface area contributed by atoms with E-state index in [1.165, 1.54) is 0 Å². The maximum Gasteiger partial charge on any atom is 0.199 e. The van der Waals surface area contributed by atoms with Crippen LogP contribution in [-0.4, -0.2) is 34.2 Å². The van der Waals surface area contributed by atoms with Crippen molar-refractivity contribution in [2.75, 3.05) is 7.11 Å². The number of phenols is 1. The molecule has 0 bridgehead atoms. The first kappa shape index (κ1) is 19.6. The van der Waals surface area contributed by atoms with Crippen LogP contribution in [0.2, 0.25) is 0 Å². The van der Waals surface area contributed by atoms with Crippen LogP contribution >= 0.6 is 11.3 Å². The second-order valence-electron chi connectivity index (χ2n) is 7.55. The van der Waals surface area contributed by atoms with Crippen molar-refractivity contribution >= 4 is 22.7 Å². The number of carbonyl (C=O) groups excluding carboxylic acids is 1. The molecule has 0 spiro atoms. The van der Waals surface area contributed by atoms with Crippen LogP contribution in [0.5, 0.6) is 5.75 Å². The van der Waals surface area contributed by atoms with Crippen LogP contribution in [0.15, 0.2) is 30.0 Å². The molecule has 0 radical (unpaired) electrons. The van der Waals surface area contributed by atoms with Crippen molar-refractivity contribution in [2.24, 2.45) is 0 Å². The third-order valence-electron chi connectivity index (χ3n) is 4.63. The lowest BCUT2D eigenvalue weighted by molar-refractivity contribution is -0.159. The number of hydrogen-bond donors (Lipinski definition) is 1. The first-order chi connectivity index (χ1) is 12.6. The maximum atomic E-state index is 13.2. The van der Waals surface area contributed by atoms with Crippen molar-refractivity contribution in [3.63, 3.8) is 0 Å². The first-order valence-corrected chi connectivity index (χ1v) is 9.75. The Kier molecular flexibility index (Phi) is 4.91. The quantitative estimate of drug-likeness (QED) is 0.831. The van der Waals surface area contributed by atoms with Crippen molar-refractivity contribution in [3.8, 4) is 16.3 Å². The van der Waals surface area contributed by atoms with Crippen molar-refractivity contribution in [2.45, 2.75) is 52.2 Å². The number of nitrogens with zero attached hydrogens (tertiary/aromatic N) is 1. The SMILES string of the molecule is CCc1sc(-c2ccc(O)cc2)nc1C1=C(OC)C(C)(C)OC(C)(C)C1=O. The summed E-state index contributed by atoms with van der Waals surface area (Å²) >= 11 is 1.55. The molecular formula is C21H25NO4S. The molecule has 5 nitrogen and oxygen atoms in total. The molecule has 0 fully saturated rings. The van der Waals surface area contributed by atoms with E-state index in [2.05, 4.69) is 0 Å². The molecule has 144 valence electrons. The highest BCUT2D eigenvalue weighted by atomic mass is 32.1. The number of aromatic hydroxyl groups is 1. The summed E-state index contributed by atoms with van der Waals surface area (Å²) in [5, 5.41) is 10.3. The molecule has 2 heterocycles. The minimum absolute atomic E-state index is 0.129. The van der Waals surface area contributed by atoms with Gasteiger partial charge in [0.1, 0.15) is 27.7 Å². The fourth-order valence-corrected chi connectivity index (χ4v) is 4.53. The number of hydrogen-bond acceptors (Lipinski definition) is 6. The zero-order valence-electron chi connectivity index (χ0n) is 16.5. The van der Waals surface area contributed by atoms with Crippen LogP contribution in [-0.2, 0) is 20.7 Å².